The van der Waals surface area contributed by atoms with Crippen LogP contribution in [0, 0.1) is 0 Å². The average Bonchev–Trinajstić information content (AvgIpc) is 3.33. The summed E-state index contributed by atoms with van der Waals surface area (Å²) in [6.07, 6.45) is 0.700. The Labute approximate surface area is 227 Å². The molecule has 3 amide bonds. The number of imide groups is 1. The van der Waals surface area contributed by atoms with Crippen LogP contribution in [-0.2, 0) is 20.7 Å². The van der Waals surface area contributed by atoms with Gasteiger partial charge in [0, 0.05) is 10.0 Å². The maximum Gasteiger partial charge on any atom is 0.417 e. The highest BCUT2D eigenvalue weighted by molar-refractivity contribution is 9.10. The van der Waals surface area contributed by atoms with Crippen LogP contribution >= 0.6 is 15.9 Å². The molecule has 0 N–H and O–H groups in total. The number of hydrogen-bond donors (Lipinski definition) is 0. The molecule has 0 radical (unpaired) electrons. The fraction of sp³-hybridized carbons (Fsp3) is 0.483. The molecule has 2 aromatic carbocycles. The molecule has 4 rings (SSSR count). The summed E-state index contributed by atoms with van der Waals surface area (Å²) in [5, 5.41) is 0. The molecule has 7 nitrogen and oxygen atoms in total. The van der Waals surface area contributed by atoms with Gasteiger partial charge in [0.05, 0.1) is 18.0 Å². The van der Waals surface area contributed by atoms with Gasteiger partial charge >= 0.3 is 12.2 Å². The van der Waals surface area contributed by atoms with Crippen molar-refractivity contribution in [2.24, 2.45) is 0 Å². The van der Waals surface area contributed by atoms with Crippen LogP contribution in [0.2, 0.25) is 0 Å². The van der Waals surface area contributed by atoms with Gasteiger partial charge in [0.25, 0.3) is 0 Å². The molecule has 2 fully saturated rings. The number of benzene rings is 2. The Hall–Kier alpha value is -2.87. The van der Waals surface area contributed by atoms with E-state index in [9.17, 15) is 14.4 Å². The molecule has 0 unspecified atom stereocenters. The summed E-state index contributed by atoms with van der Waals surface area (Å²) in [7, 11) is 0. The zero-order valence-corrected chi connectivity index (χ0v) is 23.7. The average molecular weight is 572 g/mol. The third kappa shape index (κ3) is 6.00. The Kier molecular flexibility index (Phi) is 7.70. The predicted molar refractivity (Wildman–Crippen MR) is 144 cm³/mol. The number of halogens is 1. The van der Waals surface area contributed by atoms with E-state index >= 15 is 0 Å². The minimum atomic E-state index is -0.758. The van der Waals surface area contributed by atoms with Crippen LogP contribution in [0.5, 0.6) is 0 Å². The molecule has 0 aliphatic carbocycles. The molecule has 2 heterocycles. The molecule has 2 aromatic rings. The van der Waals surface area contributed by atoms with Gasteiger partial charge in [0.15, 0.2) is 0 Å². The number of likely N-dealkylation sites (tertiary alicyclic amines) is 1. The first kappa shape index (κ1) is 27.2. The van der Waals surface area contributed by atoms with E-state index in [1.807, 2.05) is 89.2 Å². The molecular formula is C29H35BrN2O5. The number of hydrogen-bond acceptors (Lipinski definition) is 5. The molecule has 37 heavy (non-hydrogen) atoms. The molecule has 0 saturated carbocycles. The Bertz CT molecular complexity index is 1140. The van der Waals surface area contributed by atoms with E-state index < -0.39 is 41.3 Å². The van der Waals surface area contributed by atoms with Crippen molar-refractivity contribution >= 4 is 34.0 Å². The van der Waals surface area contributed by atoms with Gasteiger partial charge in [-0.15, -0.1) is 0 Å². The van der Waals surface area contributed by atoms with Crippen LogP contribution in [0.1, 0.15) is 64.5 Å². The van der Waals surface area contributed by atoms with Crippen molar-refractivity contribution in [2.75, 3.05) is 6.61 Å². The zero-order valence-electron chi connectivity index (χ0n) is 22.1. The molecule has 8 heteroatoms. The van der Waals surface area contributed by atoms with Gasteiger partial charge in [0.2, 0.25) is 5.91 Å². The quantitative estimate of drug-likeness (QED) is 0.421. The summed E-state index contributed by atoms with van der Waals surface area (Å²) in [4.78, 5) is 43.7. The highest BCUT2D eigenvalue weighted by Crippen LogP contribution is 2.43. The molecular weight excluding hydrogens is 536 g/mol. The smallest absolute Gasteiger partial charge is 0.417 e. The Morgan fingerprint density at radius 1 is 1.11 bits per heavy atom. The predicted octanol–water partition coefficient (Wildman–Crippen LogP) is 6.30. The number of carbonyl (C=O) groups excluding carboxylic acids is 3. The maximum absolute atomic E-state index is 14.3. The second-order valence-corrected chi connectivity index (χ2v) is 12.3. The van der Waals surface area contributed by atoms with Crippen LogP contribution in [0.25, 0.3) is 0 Å². The number of carbonyl (C=O) groups is 3. The van der Waals surface area contributed by atoms with Gasteiger partial charge in [-0.1, -0.05) is 58.4 Å². The second-order valence-electron chi connectivity index (χ2n) is 11.4. The van der Waals surface area contributed by atoms with Crippen molar-refractivity contribution in [2.45, 2.75) is 83.0 Å². The molecule has 2 aliphatic rings. The van der Waals surface area contributed by atoms with Crippen molar-refractivity contribution in [1.29, 1.82) is 0 Å². The van der Waals surface area contributed by atoms with E-state index in [-0.39, 0.29) is 12.5 Å². The van der Waals surface area contributed by atoms with Crippen molar-refractivity contribution in [3.63, 3.8) is 0 Å². The first-order valence-electron chi connectivity index (χ1n) is 12.7. The third-order valence-electron chi connectivity index (χ3n) is 7.02. The van der Waals surface area contributed by atoms with E-state index in [0.29, 0.717) is 19.3 Å². The lowest BCUT2D eigenvalue weighted by atomic mass is 9.88. The van der Waals surface area contributed by atoms with Gasteiger partial charge in [-0.3, -0.25) is 9.69 Å². The Balaban J connectivity index is 1.73. The van der Waals surface area contributed by atoms with Crippen LogP contribution in [-0.4, -0.2) is 57.7 Å². The number of rotatable bonds is 5. The van der Waals surface area contributed by atoms with Crippen molar-refractivity contribution in [3.05, 3.63) is 70.2 Å². The summed E-state index contributed by atoms with van der Waals surface area (Å²) >= 11 is 3.47. The van der Waals surface area contributed by atoms with Crippen LogP contribution in [0.4, 0.5) is 9.59 Å². The fourth-order valence-corrected chi connectivity index (χ4v) is 5.59. The molecule has 198 valence electrons. The van der Waals surface area contributed by atoms with Gasteiger partial charge in [-0.2, -0.15) is 0 Å². The summed E-state index contributed by atoms with van der Waals surface area (Å²) < 4.78 is 12.0. The van der Waals surface area contributed by atoms with Gasteiger partial charge in [0.1, 0.15) is 12.2 Å². The lowest BCUT2D eigenvalue weighted by Gasteiger charge is -2.40. The SMILES string of the molecule is CC(C)(C)OC(=O)N1[C@H]([C@@H](C(=O)N2C(=O)OC[C@H]2Cc2ccccc2)c2ccc(Br)cc2)CCC1(C)C. The molecule has 0 spiro atoms. The standard InChI is InChI=1S/C29H35BrN2O5/c1-28(2,3)37-27(35)32-23(15-16-29(32,4)5)24(20-11-13-21(30)14-12-20)25(33)31-22(18-36-26(31)34)17-19-9-7-6-8-10-19/h6-14,22-24H,15-18H2,1-5H3/t22-,23+,24+/m1/s1. The summed E-state index contributed by atoms with van der Waals surface area (Å²) in [6.45, 7) is 9.60. The van der Waals surface area contributed by atoms with E-state index in [4.69, 9.17) is 9.47 Å². The molecule has 2 saturated heterocycles. The van der Waals surface area contributed by atoms with Crippen LogP contribution in [0.3, 0.4) is 0 Å². The monoisotopic (exact) mass is 570 g/mol. The van der Waals surface area contributed by atoms with Crippen molar-refractivity contribution in [1.82, 2.24) is 9.80 Å². The first-order chi connectivity index (χ1) is 17.4. The van der Waals surface area contributed by atoms with E-state index in [1.165, 1.54) is 4.90 Å². The minimum absolute atomic E-state index is 0.137. The summed E-state index contributed by atoms with van der Waals surface area (Å²) in [5.74, 6) is -1.12. The van der Waals surface area contributed by atoms with Crippen molar-refractivity contribution in [3.8, 4) is 0 Å². The van der Waals surface area contributed by atoms with Crippen LogP contribution < -0.4 is 0 Å². The van der Waals surface area contributed by atoms with E-state index in [2.05, 4.69) is 15.9 Å². The van der Waals surface area contributed by atoms with Gasteiger partial charge in [-0.25, -0.2) is 14.5 Å². The Morgan fingerprint density at radius 2 is 1.76 bits per heavy atom. The molecule has 0 aromatic heterocycles. The largest absolute Gasteiger partial charge is 0.447 e. The molecule has 3 atom stereocenters. The second kappa shape index (κ2) is 10.5. The lowest BCUT2D eigenvalue weighted by Crippen LogP contribution is -2.54. The van der Waals surface area contributed by atoms with Gasteiger partial charge in [-0.05, 0) is 77.1 Å². The minimum Gasteiger partial charge on any atom is -0.447 e. The highest BCUT2D eigenvalue weighted by atomic mass is 79.9. The highest BCUT2D eigenvalue weighted by Gasteiger charge is 2.52. The van der Waals surface area contributed by atoms with Crippen LogP contribution in [0.15, 0.2) is 59.1 Å². The zero-order chi connectivity index (χ0) is 27.0. The molecule has 0 bridgehead atoms. The fourth-order valence-electron chi connectivity index (χ4n) is 5.33. The number of ether oxygens (including phenoxy) is 2. The normalized spacial score (nSPS) is 22.1. The lowest BCUT2D eigenvalue weighted by molar-refractivity contribution is -0.132. The topological polar surface area (TPSA) is 76.2 Å². The first-order valence-corrected chi connectivity index (χ1v) is 13.5. The third-order valence-corrected chi connectivity index (χ3v) is 7.55. The Morgan fingerprint density at radius 3 is 2.38 bits per heavy atom. The number of cyclic esters (lactones) is 1. The maximum atomic E-state index is 14.3. The van der Waals surface area contributed by atoms with E-state index in [0.717, 1.165) is 15.6 Å². The number of nitrogens with zero attached hydrogens (tertiary/aromatic N) is 2. The van der Waals surface area contributed by atoms with E-state index in [1.54, 1.807) is 4.90 Å². The summed E-state index contributed by atoms with van der Waals surface area (Å²) in [5.41, 5.74) is 0.552. The summed E-state index contributed by atoms with van der Waals surface area (Å²) in [6, 6.07) is 16.3. The number of amides is 3. The molecule has 2 aliphatic heterocycles. The van der Waals surface area contributed by atoms with Crippen molar-refractivity contribution < 1.29 is 23.9 Å². The van der Waals surface area contributed by atoms with Gasteiger partial charge < -0.3 is 9.47 Å².